The molecule has 0 aromatic heterocycles. The van der Waals surface area contributed by atoms with E-state index >= 15 is 0 Å². The summed E-state index contributed by atoms with van der Waals surface area (Å²) in [4.78, 5) is 0. The molecule has 0 aromatic carbocycles. The van der Waals surface area contributed by atoms with Crippen molar-refractivity contribution < 1.29 is 13.5 Å². The van der Waals surface area contributed by atoms with Crippen molar-refractivity contribution in [1.82, 2.24) is 0 Å². The van der Waals surface area contributed by atoms with Crippen LogP contribution in [0.15, 0.2) is 0 Å². The summed E-state index contributed by atoms with van der Waals surface area (Å²) in [5.74, 6) is 1.15. The minimum absolute atomic E-state index is 0.213. The van der Waals surface area contributed by atoms with Crippen molar-refractivity contribution in [3.63, 3.8) is 0 Å². The Bertz CT molecular complexity index is 231. The van der Waals surface area contributed by atoms with Gasteiger partial charge in [0.15, 0.2) is 9.84 Å². The summed E-state index contributed by atoms with van der Waals surface area (Å²) in [7, 11) is -2.68. The first-order valence-corrected chi connectivity index (χ1v) is 6.11. The summed E-state index contributed by atoms with van der Waals surface area (Å²) in [6, 6.07) is 0. The zero-order chi connectivity index (χ0) is 9.35. The van der Waals surface area contributed by atoms with Gasteiger partial charge in [-0.25, -0.2) is 8.42 Å². The minimum atomic E-state index is -2.68. The van der Waals surface area contributed by atoms with Gasteiger partial charge in [0.25, 0.3) is 0 Å². The van der Waals surface area contributed by atoms with E-state index in [4.69, 9.17) is 0 Å². The minimum Gasteiger partial charge on any atom is -0.393 e. The molecular weight excluding hydrogens is 176 g/mol. The van der Waals surface area contributed by atoms with E-state index in [-0.39, 0.29) is 12.0 Å². The predicted molar refractivity (Wildman–Crippen MR) is 47.6 cm³/mol. The molecule has 1 heterocycles. The maximum absolute atomic E-state index is 10.8. The van der Waals surface area contributed by atoms with Gasteiger partial charge < -0.3 is 5.11 Å². The van der Waals surface area contributed by atoms with E-state index in [0.29, 0.717) is 17.4 Å². The van der Waals surface area contributed by atoms with Gasteiger partial charge in [0, 0.05) is 0 Å². The molecule has 0 aliphatic carbocycles. The highest BCUT2D eigenvalue weighted by Crippen LogP contribution is 2.26. The third-order valence-corrected chi connectivity index (χ3v) is 4.47. The third kappa shape index (κ3) is 2.45. The molecule has 0 amide bonds. The third-order valence-electron chi connectivity index (χ3n) is 2.51. The van der Waals surface area contributed by atoms with E-state index in [9.17, 15) is 13.5 Å². The molecule has 2 unspecified atom stereocenters. The van der Waals surface area contributed by atoms with Crippen molar-refractivity contribution in [3.8, 4) is 0 Å². The van der Waals surface area contributed by atoms with Gasteiger partial charge >= 0.3 is 0 Å². The lowest BCUT2D eigenvalue weighted by Gasteiger charge is -2.29. The molecular formula is C8H16O3S. The fourth-order valence-corrected chi connectivity index (χ4v) is 3.14. The van der Waals surface area contributed by atoms with Crippen LogP contribution in [0.3, 0.4) is 0 Å². The summed E-state index contributed by atoms with van der Waals surface area (Å²) >= 11 is 0. The molecule has 1 aliphatic heterocycles. The second-order valence-electron chi connectivity index (χ2n) is 3.90. The molecule has 0 bridgehead atoms. The average molecular weight is 192 g/mol. The van der Waals surface area contributed by atoms with Gasteiger partial charge in [0.1, 0.15) is 0 Å². The number of hydrogen-bond acceptors (Lipinski definition) is 3. The van der Waals surface area contributed by atoms with Crippen LogP contribution in [-0.4, -0.2) is 31.1 Å². The van der Waals surface area contributed by atoms with Gasteiger partial charge in [-0.05, 0) is 25.2 Å². The summed E-state index contributed by atoms with van der Waals surface area (Å²) in [6.07, 6.45) is 0.505. The molecule has 4 heteroatoms. The topological polar surface area (TPSA) is 54.4 Å². The van der Waals surface area contributed by atoms with Gasteiger partial charge in [-0.15, -0.1) is 0 Å². The van der Waals surface area contributed by atoms with E-state index in [2.05, 4.69) is 0 Å². The molecule has 12 heavy (non-hydrogen) atoms. The Hall–Kier alpha value is -0.0900. The smallest absolute Gasteiger partial charge is 0.150 e. The number of sulfone groups is 1. The molecule has 1 fully saturated rings. The zero-order valence-electron chi connectivity index (χ0n) is 7.53. The van der Waals surface area contributed by atoms with Gasteiger partial charge in [-0.2, -0.15) is 0 Å². The Balaban J connectivity index is 2.28. The summed E-state index contributed by atoms with van der Waals surface area (Å²) < 4.78 is 21.6. The van der Waals surface area contributed by atoms with Gasteiger partial charge in [-0.3, -0.25) is 0 Å². The molecule has 72 valence electrons. The quantitative estimate of drug-likeness (QED) is 0.706. The Morgan fingerprint density at radius 1 is 1.42 bits per heavy atom. The molecule has 2 atom stereocenters. The van der Waals surface area contributed by atoms with Crippen LogP contribution in [0, 0.1) is 11.8 Å². The standard InChI is InChI=1S/C8H16O3S/c1-6(7(2)9)3-8-4-12(10,11)5-8/h6-9H,3-5H2,1-2H3. The monoisotopic (exact) mass is 192 g/mol. The highest BCUT2D eigenvalue weighted by atomic mass is 32.2. The largest absolute Gasteiger partial charge is 0.393 e. The summed E-state index contributed by atoms with van der Waals surface area (Å²) in [6.45, 7) is 3.70. The van der Waals surface area contributed by atoms with Crippen LogP contribution in [0.4, 0.5) is 0 Å². The fourth-order valence-electron chi connectivity index (χ4n) is 1.53. The SMILES string of the molecule is CC(O)C(C)CC1CS(=O)(=O)C1. The van der Waals surface area contributed by atoms with E-state index in [0.717, 1.165) is 6.42 Å². The number of hydrogen-bond donors (Lipinski definition) is 1. The van der Waals surface area contributed by atoms with Crippen molar-refractivity contribution in [2.45, 2.75) is 26.4 Å². The highest BCUT2D eigenvalue weighted by molar-refractivity contribution is 7.92. The van der Waals surface area contributed by atoms with Crippen molar-refractivity contribution >= 4 is 9.84 Å². The van der Waals surface area contributed by atoms with Crippen LogP contribution in [0.1, 0.15) is 20.3 Å². The molecule has 1 saturated heterocycles. The van der Waals surface area contributed by atoms with Gasteiger partial charge in [-0.1, -0.05) is 6.92 Å². The van der Waals surface area contributed by atoms with Gasteiger partial charge in [0.05, 0.1) is 17.6 Å². The molecule has 3 nitrogen and oxygen atoms in total. The Kier molecular flexibility index (Phi) is 2.78. The summed E-state index contributed by atoms with van der Waals surface area (Å²) in [5, 5.41) is 9.17. The van der Waals surface area contributed by atoms with E-state index in [1.165, 1.54) is 0 Å². The first kappa shape index (κ1) is 9.99. The number of aliphatic hydroxyl groups is 1. The first-order chi connectivity index (χ1) is 5.41. The van der Waals surface area contributed by atoms with Crippen LogP contribution in [0.5, 0.6) is 0 Å². The van der Waals surface area contributed by atoms with Crippen LogP contribution >= 0.6 is 0 Å². The lowest BCUT2D eigenvalue weighted by Crippen LogP contribution is -2.38. The van der Waals surface area contributed by atoms with Crippen molar-refractivity contribution in [2.24, 2.45) is 11.8 Å². The molecule has 0 saturated carbocycles. The number of rotatable bonds is 3. The Labute approximate surface area is 73.7 Å². The molecule has 1 rings (SSSR count). The van der Waals surface area contributed by atoms with Crippen LogP contribution < -0.4 is 0 Å². The average Bonchev–Trinajstić information content (AvgIpc) is 1.83. The van der Waals surface area contributed by atoms with E-state index in [1.807, 2.05) is 6.92 Å². The fraction of sp³-hybridized carbons (Fsp3) is 1.00. The Morgan fingerprint density at radius 3 is 2.25 bits per heavy atom. The summed E-state index contributed by atoms with van der Waals surface area (Å²) in [5.41, 5.74) is 0. The normalized spacial score (nSPS) is 27.6. The Morgan fingerprint density at radius 2 is 1.92 bits per heavy atom. The maximum Gasteiger partial charge on any atom is 0.150 e. The van der Waals surface area contributed by atoms with Crippen LogP contribution in [-0.2, 0) is 9.84 Å². The lowest BCUT2D eigenvalue weighted by atomic mass is 9.94. The van der Waals surface area contributed by atoms with Crippen molar-refractivity contribution in [3.05, 3.63) is 0 Å². The molecule has 0 radical (unpaired) electrons. The maximum atomic E-state index is 10.8. The predicted octanol–water partition coefficient (Wildman–Crippen LogP) is 0.438. The highest BCUT2D eigenvalue weighted by Gasteiger charge is 2.34. The first-order valence-electron chi connectivity index (χ1n) is 4.29. The molecule has 0 spiro atoms. The molecule has 0 aromatic rings. The van der Waals surface area contributed by atoms with Crippen molar-refractivity contribution in [2.75, 3.05) is 11.5 Å². The van der Waals surface area contributed by atoms with Crippen molar-refractivity contribution in [1.29, 1.82) is 0 Å². The number of aliphatic hydroxyl groups excluding tert-OH is 1. The van der Waals surface area contributed by atoms with Crippen LogP contribution in [0.25, 0.3) is 0 Å². The second-order valence-corrected chi connectivity index (χ2v) is 6.05. The van der Waals surface area contributed by atoms with E-state index in [1.54, 1.807) is 6.92 Å². The van der Waals surface area contributed by atoms with Crippen LogP contribution in [0.2, 0.25) is 0 Å². The van der Waals surface area contributed by atoms with Gasteiger partial charge in [0.2, 0.25) is 0 Å². The lowest BCUT2D eigenvalue weighted by molar-refractivity contribution is 0.121. The second kappa shape index (κ2) is 3.34. The zero-order valence-corrected chi connectivity index (χ0v) is 8.34. The molecule has 1 aliphatic rings. The molecule has 1 N–H and O–H groups in total. The van der Waals surface area contributed by atoms with E-state index < -0.39 is 9.84 Å².